The molecule has 1 aliphatic rings. The standard InChI is InChI=1S/C32H28N2O6S/c1-4-39-31(38)29-20(3)33-32(41-29)34-26(22-13-9-6-10-14-22)25(28(36)30(34)37)27(35)24-16-15-23(17-19(24)2)40-18-21-11-7-5-8-12-21/h5-17,26,35H,4,18H2,1-3H3/b27-25+. The number of thiazole rings is 1. The van der Waals surface area contributed by atoms with Crippen LogP contribution in [-0.2, 0) is 20.9 Å². The molecular formula is C32H28N2O6S. The fraction of sp³-hybridized carbons (Fsp3) is 0.188. The van der Waals surface area contributed by atoms with E-state index in [0.717, 1.165) is 16.9 Å². The Hall–Kier alpha value is -4.76. The van der Waals surface area contributed by atoms with Gasteiger partial charge in [0.25, 0.3) is 5.78 Å². The van der Waals surface area contributed by atoms with Gasteiger partial charge in [-0.15, -0.1) is 0 Å². The zero-order valence-electron chi connectivity index (χ0n) is 22.8. The van der Waals surface area contributed by atoms with Crippen LogP contribution in [0.1, 0.15) is 50.6 Å². The number of ether oxygens (including phenoxy) is 2. The minimum Gasteiger partial charge on any atom is -0.507 e. The molecule has 1 aromatic heterocycles. The number of aryl methyl sites for hydroxylation is 2. The largest absolute Gasteiger partial charge is 0.507 e. The first kappa shape index (κ1) is 27.8. The van der Waals surface area contributed by atoms with Crippen LogP contribution in [0.15, 0.2) is 84.4 Å². The lowest BCUT2D eigenvalue weighted by Crippen LogP contribution is -2.29. The fourth-order valence-corrected chi connectivity index (χ4v) is 5.72. The van der Waals surface area contributed by atoms with Gasteiger partial charge < -0.3 is 14.6 Å². The van der Waals surface area contributed by atoms with Gasteiger partial charge >= 0.3 is 11.9 Å². The highest BCUT2D eigenvalue weighted by Crippen LogP contribution is 2.44. The number of hydrogen-bond acceptors (Lipinski definition) is 8. The van der Waals surface area contributed by atoms with Crippen molar-refractivity contribution in [3.05, 3.63) is 117 Å². The summed E-state index contributed by atoms with van der Waals surface area (Å²) in [5.41, 5.74) is 3.02. The van der Waals surface area contributed by atoms with Crippen LogP contribution in [0.25, 0.3) is 5.76 Å². The number of rotatable bonds is 8. The maximum atomic E-state index is 13.5. The highest BCUT2D eigenvalue weighted by molar-refractivity contribution is 7.17. The molecule has 1 N–H and O–H groups in total. The van der Waals surface area contributed by atoms with E-state index in [2.05, 4.69) is 4.98 Å². The summed E-state index contributed by atoms with van der Waals surface area (Å²) < 4.78 is 11.0. The van der Waals surface area contributed by atoms with E-state index in [1.165, 1.54) is 4.90 Å². The number of carbonyl (C=O) groups is 3. The third-order valence-corrected chi connectivity index (χ3v) is 7.85. The normalized spacial score (nSPS) is 16.2. The molecule has 0 radical (unpaired) electrons. The molecule has 0 spiro atoms. The molecule has 1 aliphatic heterocycles. The third-order valence-electron chi connectivity index (χ3n) is 6.71. The van der Waals surface area contributed by atoms with Crippen molar-refractivity contribution >= 4 is 39.9 Å². The van der Waals surface area contributed by atoms with Gasteiger partial charge in [-0.2, -0.15) is 0 Å². The Morgan fingerprint density at radius 2 is 1.68 bits per heavy atom. The summed E-state index contributed by atoms with van der Waals surface area (Å²) in [6.07, 6.45) is 0. The molecule has 3 aromatic carbocycles. The van der Waals surface area contributed by atoms with E-state index in [1.807, 2.05) is 36.4 Å². The molecule has 0 aliphatic carbocycles. The van der Waals surface area contributed by atoms with Crippen molar-refractivity contribution < 1.29 is 29.0 Å². The number of Topliss-reactive ketones (excluding diaryl/α,β-unsaturated/α-hetero) is 1. The lowest BCUT2D eigenvalue weighted by molar-refractivity contribution is -0.132. The Labute approximate surface area is 241 Å². The number of amides is 1. The Bertz CT molecular complexity index is 1650. The van der Waals surface area contributed by atoms with Gasteiger partial charge in [0.15, 0.2) is 5.13 Å². The first-order valence-electron chi connectivity index (χ1n) is 13.1. The molecule has 0 bridgehead atoms. The summed E-state index contributed by atoms with van der Waals surface area (Å²) in [5, 5.41) is 11.7. The second-order valence-corrected chi connectivity index (χ2v) is 10.4. The van der Waals surface area contributed by atoms with Crippen LogP contribution in [0.4, 0.5) is 5.13 Å². The number of aliphatic hydroxyl groups is 1. The lowest BCUT2D eigenvalue weighted by atomic mass is 9.94. The minimum absolute atomic E-state index is 0.0622. The number of anilines is 1. The smallest absolute Gasteiger partial charge is 0.350 e. The Balaban J connectivity index is 1.55. The van der Waals surface area contributed by atoms with Gasteiger partial charge in [-0.25, -0.2) is 9.78 Å². The van der Waals surface area contributed by atoms with Gasteiger partial charge in [-0.1, -0.05) is 72.0 Å². The van der Waals surface area contributed by atoms with E-state index in [4.69, 9.17) is 9.47 Å². The van der Waals surface area contributed by atoms with Crippen LogP contribution >= 0.6 is 11.3 Å². The summed E-state index contributed by atoms with van der Waals surface area (Å²) in [6.45, 7) is 5.72. The molecule has 8 nitrogen and oxygen atoms in total. The fourth-order valence-electron chi connectivity index (χ4n) is 4.73. The zero-order valence-corrected chi connectivity index (χ0v) is 23.6. The summed E-state index contributed by atoms with van der Waals surface area (Å²) in [7, 11) is 0. The highest BCUT2D eigenvalue weighted by atomic mass is 32.1. The molecule has 1 saturated heterocycles. The Kier molecular flexibility index (Phi) is 7.98. The van der Waals surface area contributed by atoms with Crippen molar-refractivity contribution in [1.29, 1.82) is 0 Å². The molecule has 1 fully saturated rings. The first-order chi connectivity index (χ1) is 19.8. The lowest BCUT2D eigenvalue weighted by Gasteiger charge is -2.23. The van der Waals surface area contributed by atoms with Gasteiger partial charge in [-0.3, -0.25) is 14.5 Å². The van der Waals surface area contributed by atoms with Crippen LogP contribution in [0.2, 0.25) is 0 Å². The second kappa shape index (κ2) is 11.8. The van der Waals surface area contributed by atoms with Crippen molar-refractivity contribution in [3.8, 4) is 5.75 Å². The monoisotopic (exact) mass is 568 g/mol. The first-order valence-corrected chi connectivity index (χ1v) is 13.9. The molecule has 208 valence electrons. The molecule has 1 unspecified atom stereocenters. The van der Waals surface area contributed by atoms with Crippen molar-refractivity contribution in [1.82, 2.24) is 4.98 Å². The van der Waals surface area contributed by atoms with E-state index in [-0.39, 0.29) is 27.9 Å². The predicted octanol–water partition coefficient (Wildman–Crippen LogP) is 6.14. The number of esters is 1. The number of aromatic nitrogens is 1. The van der Waals surface area contributed by atoms with Crippen LogP contribution < -0.4 is 9.64 Å². The summed E-state index contributed by atoms with van der Waals surface area (Å²) in [5.74, 6) is -1.93. The number of hydrogen-bond donors (Lipinski definition) is 1. The van der Waals surface area contributed by atoms with E-state index >= 15 is 0 Å². The van der Waals surface area contributed by atoms with Crippen LogP contribution in [0.3, 0.4) is 0 Å². The van der Waals surface area contributed by atoms with Crippen molar-refractivity contribution in [2.45, 2.75) is 33.4 Å². The van der Waals surface area contributed by atoms with Gasteiger partial charge in [0, 0.05) is 5.56 Å². The zero-order chi connectivity index (χ0) is 29.1. The molecule has 41 heavy (non-hydrogen) atoms. The Morgan fingerprint density at radius 3 is 2.34 bits per heavy atom. The molecule has 0 saturated carbocycles. The molecule has 5 rings (SSSR count). The Morgan fingerprint density at radius 1 is 1.00 bits per heavy atom. The van der Waals surface area contributed by atoms with E-state index in [9.17, 15) is 19.5 Å². The number of ketones is 1. The van der Waals surface area contributed by atoms with Crippen molar-refractivity contribution in [2.24, 2.45) is 0 Å². The summed E-state index contributed by atoms with van der Waals surface area (Å²) >= 11 is 0.974. The predicted molar refractivity (Wildman–Crippen MR) is 156 cm³/mol. The van der Waals surface area contributed by atoms with Gasteiger partial charge in [0.1, 0.15) is 23.0 Å². The number of benzene rings is 3. The van der Waals surface area contributed by atoms with Crippen molar-refractivity contribution in [3.63, 3.8) is 0 Å². The number of nitrogens with zero attached hydrogens (tertiary/aromatic N) is 2. The summed E-state index contributed by atoms with van der Waals surface area (Å²) in [4.78, 5) is 45.4. The molecular weight excluding hydrogens is 540 g/mol. The van der Waals surface area contributed by atoms with Gasteiger partial charge in [0.2, 0.25) is 0 Å². The summed E-state index contributed by atoms with van der Waals surface area (Å²) in [6, 6.07) is 22.9. The van der Waals surface area contributed by atoms with Gasteiger partial charge in [-0.05, 0) is 55.7 Å². The maximum Gasteiger partial charge on any atom is 0.350 e. The van der Waals surface area contributed by atoms with E-state index < -0.39 is 23.7 Å². The van der Waals surface area contributed by atoms with E-state index in [0.29, 0.717) is 34.7 Å². The molecule has 2 heterocycles. The van der Waals surface area contributed by atoms with Crippen molar-refractivity contribution in [2.75, 3.05) is 11.5 Å². The van der Waals surface area contributed by atoms with Crippen LogP contribution in [0, 0.1) is 13.8 Å². The van der Waals surface area contributed by atoms with Gasteiger partial charge in [0.05, 0.1) is 23.9 Å². The SMILES string of the molecule is CCOC(=O)c1sc(N2C(=O)C(=O)/C(=C(/O)c3ccc(OCc4ccccc4)cc3C)C2c2ccccc2)nc1C. The number of aliphatic hydroxyl groups excluding tert-OH is 1. The average Bonchev–Trinajstić information content (AvgIpc) is 3.49. The maximum absolute atomic E-state index is 13.5. The van der Waals surface area contributed by atoms with E-state index in [1.54, 1.807) is 63.2 Å². The minimum atomic E-state index is -0.954. The third kappa shape index (κ3) is 5.49. The second-order valence-electron chi connectivity index (χ2n) is 9.46. The average molecular weight is 569 g/mol. The molecule has 1 amide bonds. The number of carbonyl (C=O) groups excluding carboxylic acids is 3. The highest BCUT2D eigenvalue weighted by Gasteiger charge is 2.48. The molecule has 9 heteroatoms. The topological polar surface area (TPSA) is 106 Å². The molecule has 1 atom stereocenters. The van der Waals surface area contributed by atoms with Crippen LogP contribution in [-0.4, -0.2) is 34.4 Å². The quantitative estimate of drug-likeness (QED) is 0.118. The van der Waals surface area contributed by atoms with Crippen LogP contribution in [0.5, 0.6) is 5.75 Å². The molecule has 4 aromatic rings.